The highest BCUT2D eigenvalue weighted by Gasteiger charge is 2.18. The molecule has 0 saturated heterocycles. The summed E-state index contributed by atoms with van der Waals surface area (Å²) in [7, 11) is 0. The van der Waals surface area contributed by atoms with Crippen molar-refractivity contribution in [3.8, 4) is 0 Å². The van der Waals surface area contributed by atoms with Gasteiger partial charge in [-0.05, 0) is 30.7 Å². The molecular weight excluding hydrogens is 286 g/mol. The standard InChI is InChI=1S/C12H14BrNO3/c1-2-10(7-15)14-12(17)11(16)8-3-5-9(13)6-4-8/h3-6,10,15H,2,7H2,1H3,(H,14,17). The van der Waals surface area contributed by atoms with Crippen LogP contribution in [-0.4, -0.2) is 29.4 Å². The zero-order valence-corrected chi connectivity index (χ0v) is 11.0. The molecule has 1 unspecified atom stereocenters. The van der Waals surface area contributed by atoms with E-state index in [1.165, 1.54) is 0 Å². The fourth-order valence-corrected chi connectivity index (χ4v) is 1.52. The molecule has 17 heavy (non-hydrogen) atoms. The van der Waals surface area contributed by atoms with Gasteiger partial charge in [0, 0.05) is 10.0 Å². The van der Waals surface area contributed by atoms with Crippen LogP contribution in [0.1, 0.15) is 23.7 Å². The van der Waals surface area contributed by atoms with Gasteiger partial charge in [0.25, 0.3) is 5.91 Å². The van der Waals surface area contributed by atoms with Crippen LogP contribution < -0.4 is 5.32 Å². The first-order chi connectivity index (χ1) is 8.08. The molecule has 1 aromatic rings. The number of nitrogens with one attached hydrogen (secondary N) is 1. The second kappa shape index (κ2) is 6.51. The third-order valence-electron chi connectivity index (χ3n) is 2.36. The summed E-state index contributed by atoms with van der Waals surface area (Å²) in [5.41, 5.74) is 0.332. The van der Waals surface area contributed by atoms with Crippen molar-refractivity contribution in [3.63, 3.8) is 0 Å². The third-order valence-corrected chi connectivity index (χ3v) is 2.89. The second-order valence-electron chi connectivity index (χ2n) is 3.60. The lowest BCUT2D eigenvalue weighted by atomic mass is 10.1. The van der Waals surface area contributed by atoms with Gasteiger partial charge in [0.15, 0.2) is 0 Å². The van der Waals surface area contributed by atoms with E-state index in [1.54, 1.807) is 24.3 Å². The van der Waals surface area contributed by atoms with Gasteiger partial charge in [-0.2, -0.15) is 0 Å². The fourth-order valence-electron chi connectivity index (χ4n) is 1.26. The van der Waals surface area contributed by atoms with Gasteiger partial charge in [0.2, 0.25) is 5.78 Å². The predicted octanol–water partition coefficient (Wildman–Crippen LogP) is 1.52. The maximum Gasteiger partial charge on any atom is 0.292 e. The number of carbonyl (C=O) groups is 2. The lowest BCUT2D eigenvalue weighted by Crippen LogP contribution is -2.40. The lowest BCUT2D eigenvalue weighted by molar-refractivity contribution is -0.118. The van der Waals surface area contributed by atoms with Crippen LogP contribution in [0.2, 0.25) is 0 Å². The predicted molar refractivity (Wildman–Crippen MR) is 67.8 cm³/mol. The molecular formula is C12H14BrNO3. The summed E-state index contributed by atoms with van der Waals surface area (Å²) in [6.07, 6.45) is 0.579. The number of halogens is 1. The molecule has 2 N–H and O–H groups in total. The van der Waals surface area contributed by atoms with Crippen molar-refractivity contribution >= 4 is 27.6 Å². The summed E-state index contributed by atoms with van der Waals surface area (Å²) in [4.78, 5) is 23.3. The minimum absolute atomic E-state index is 0.171. The largest absolute Gasteiger partial charge is 0.394 e. The van der Waals surface area contributed by atoms with Crippen molar-refractivity contribution in [2.24, 2.45) is 0 Å². The van der Waals surface area contributed by atoms with Gasteiger partial charge in [0.05, 0.1) is 12.6 Å². The van der Waals surface area contributed by atoms with Crippen LogP contribution in [0, 0.1) is 0 Å². The summed E-state index contributed by atoms with van der Waals surface area (Å²) in [5, 5.41) is 11.4. The van der Waals surface area contributed by atoms with Crippen LogP contribution in [0.5, 0.6) is 0 Å². The monoisotopic (exact) mass is 299 g/mol. The molecule has 0 bridgehead atoms. The first-order valence-electron chi connectivity index (χ1n) is 5.30. The molecule has 1 rings (SSSR count). The second-order valence-corrected chi connectivity index (χ2v) is 4.51. The molecule has 0 aliphatic carbocycles. The molecule has 1 aromatic carbocycles. The molecule has 0 aliphatic rings. The number of hydrogen-bond donors (Lipinski definition) is 2. The Morgan fingerprint density at radius 2 is 1.94 bits per heavy atom. The highest BCUT2D eigenvalue weighted by atomic mass is 79.9. The molecule has 92 valence electrons. The van der Waals surface area contributed by atoms with Crippen molar-refractivity contribution in [1.82, 2.24) is 5.32 Å². The number of carbonyl (C=O) groups excluding carboxylic acids is 2. The van der Waals surface area contributed by atoms with E-state index in [9.17, 15) is 9.59 Å². The summed E-state index contributed by atoms with van der Waals surface area (Å²) < 4.78 is 0.844. The number of hydrogen-bond acceptors (Lipinski definition) is 3. The molecule has 0 aliphatic heterocycles. The molecule has 0 radical (unpaired) electrons. The molecule has 1 amide bonds. The first-order valence-corrected chi connectivity index (χ1v) is 6.09. The Balaban J connectivity index is 2.70. The first kappa shape index (κ1) is 13.9. The number of aliphatic hydroxyl groups is 1. The molecule has 0 spiro atoms. The van der Waals surface area contributed by atoms with Crippen molar-refractivity contribution in [2.75, 3.05) is 6.61 Å². The molecule has 0 heterocycles. The fraction of sp³-hybridized carbons (Fsp3) is 0.333. The number of aliphatic hydroxyl groups excluding tert-OH is 1. The maximum atomic E-state index is 11.7. The normalized spacial score (nSPS) is 11.9. The number of rotatable bonds is 5. The molecule has 5 heteroatoms. The number of benzene rings is 1. The van der Waals surface area contributed by atoms with Gasteiger partial charge in [-0.25, -0.2) is 0 Å². The lowest BCUT2D eigenvalue weighted by Gasteiger charge is -2.13. The molecule has 1 atom stereocenters. The summed E-state index contributed by atoms with van der Waals surface area (Å²) in [6.45, 7) is 1.65. The van der Waals surface area contributed by atoms with Crippen molar-refractivity contribution in [2.45, 2.75) is 19.4 Å². The number of Topliss-reactive ketones (excluding diaryl/α,β-unsaturated/α-hetero) is 1. The Kier molecular flexibility index (Phi) is 5.31. The number of ketones is 1. The van der Waals surface area contributed by atoms with Gasteiger partial charge in [-0.3, -0.25) is 9.59 Å². The minimum atomic E-state index is -0.687. The van der Waals surface area contributed by atoms with Gasteiger partial charge in [-0.1, -0.05) is 22.9 Å². The van der Waals surface area contributed by atoms with Gasteiger partial charge < -0.3 is 10.4 Å². The maximum absolute atomic E-state index is 11.7. The summed E-state index contributed by atoms with van der Waals surface area (Å²) in [6, 6.07) is 6.17. The van der Waals surface area contributed by atoms with Crippen LogP contribution in [-0.2, 0) is 4.79 Å². The van der Waals surface area contributed by atoms with E-state index in [-0.39, 0.29) is 12.6 Å². The van der Waals surface area contributed by atoms with E-state index >= 15 is 0 Å². The number of amides is 1. The van der Waals surface area contributed by atoms with Gasteiger partial charge in [-0.15, -0.1) is 0 Å². The van der Waals surface area contributed by atoms with Crippen LogP contribution in [0.25, 0.3) is 0 Å². The van der Waals surface area contributed by atoms with Crippen LogP contribution in [0.4, 0.5) is 0 Å². The smallest absolute Gasteiger partial charge is 0.292 e. The van der Waals surface area contributed by atoms with E-state index in [0.29, 0.717) is 12.0 Å². The van der Waals surface area contributed by atoms with Crippen molar-refractivity contribution < 1.29 is 14.7 Å². The molecule has 0 saturated carbocycles. The third kappa shape index (κ3) is 3.94. The Labute approximate surface area is 108 Å². The zero-order valence-electron chi connectivity index (χ0n) is 9.44. The molecule has 0 fully saturated rings. The quantitative estimate of drug-likeness (QED) is 0.640. The van der Waals surface area contributed by atoms with Crippen molar-refractivity contribution in [1.29, 1.82) is 0 Å². The Hall–Kier alpha value is -1.20. The van der Waals surface area contributed by atoms with E-state index < -0.39 is 11.7 Å². The zero-order chi connectivity index (χ0) is 12.8. The summed E-state index contributed by atoms with van der Waals surface area (Å²) >= 11 is 3.25. The Morgan fingerprint density at radius 1 is 1.35 bits per heavy atom. The average Bonchev–Trinajstić information content (AvgIpc) is 2.35. The van der Waals surface area contributed by atoms with Crippen LogP contribution in [0.3, 0.4) is 0 Å². The van der Waals surface area contributed by atoms with Gasteiger partial charge >= 0.3 is 0 Å². The van der Waals surface area contributed by atoms with Crippen LogP contribution >= 0.6 is 15.9 Å². The Morgan fingerprint density at radius 3 is 2.41 bits per heavy atom. The highest BCUT2D eigenvalue weighted by molar-refractivity contribution is 9.10. The van der Waals surface area contributed by atoms with Crippen molar-refractivity contribution in [3.05, 3.63) is 34.3 Å². The van der Waals surface area contributed by atoms with E-state index in [1.807, 2.05) is 6.92 Å². The van der Waals surface area contributed by atoms with Gasteiger partial charge in [0.1, 0.15) is 0 Å². The average molecular weight is 300 g/mol. The minimum Gasteiger partial charge on any atom is -0.394 e. The SMILES string of the molecule is CCC(CO)NC(=O)C(=O)c1ccc(Br)cc1. The van der Waals surface area contributed by atoms with E-state index in [2.05, 4.69) is 21.2 Å². The molecule has 4 nitrogen and oxygen atoms in total. The Bertz CT molecular complexity index is 399. The van der Waals surface area contributed by atoms with E-state index in [0.717, 1.165) is 4.47 Å². The van der Waals surface area contributed by atoms with Crippen LogP contribution in [0.15, 0.2) is 28.7 Å². The van der Waals surface area contributed by atoms with E-state index in [4.69, 9.17) is 5.11 Å². The highest BCUT2D eigenvalue weighted by Crippen LogP contribution is 2.11. The molecule has 0 aromatic heterocycles. The summed E-state index contributed by atoms with van der Waals surface area (Å²) in [5.74, 6) is -1.28. The topological polar surface area (TPSA) is 66.4 Å².